The van der Waals surface area contributed by atoms with Gasteiger partial charge >= 0.3 is 0 Å². The van der Waals surface area contributed by atoms with Crippen molar-refractivity contribution < 1.29 is 0 Å². The molecule has 0 heterocycles. The lowest BCUT2D eigenvalue weighted by molar-refractivity contribution is 0.220. The van der Waals surface area contributed by atoms with Gasteiger partial charge in [-0.3, -0.25) is 0 Å². The van der Waals surface area contributed by atoms with Gasteiger partial charge in [-0.25, -0.2) is 0 Å². The minimum atomic E-state index is 0.663. The molecular formula is C24H50. The quantitative estimate of drug-likeness (QED) is 0.206. The molecule has 0 aromatic carbocycles. The largest absolute Gasteiger partial charge is 0.0654 e. The lowest BCUT2D eigenvalue weighted by Crippen LogP contribution is -2.17. The van der Waals surface area contributed by atoms with Crippen molar-refractivity contribution in [3.05, 3.63) is 0 Å². The minimum absolute atomic E-state index is 0.663. The fourth-order valence-corrected chi connectivity index (χ4v) is 4.15. The average molecular weight is 339 g/mol. The van der Waals surface area contributed by atoms with Gasteiger partial charge in [0.15, 0.2) is 0 Å². The normalized spacial score (nSPS) is 12.0. The second-order valence-corrected chi connectivity index (χ2v) is 8.26. The lowest BCUT2D eigenvalue weighted by Gasteiger charge is -2.30. The summed E-state index contributed by atoms with van der Waals surface area (Å²) in [6, 6.07) is 0. The second-order valence-electron chi connectivity index (χ2n) is 8.26. The van der Waals surface area contributed by atoms with E-state index in [-0.39, 0.29) is 0 Å². The van der Waals surface area contributed by atoms with E-state index in [1.54, 1.807) is 0 Å². The van der Waals surface area contributed by atoms with Crippen LogP contribution >= 0.6 is 0 Å². The molecule has 0 saturated heterocycles. The molecule has 0 aliphatic rings. The molecule has 0 radical (unpaired) electrons. The highest BCUT2D eigenvalue weighted by Crippen LogP contribution is 2.36. The highest BCUT2D eigenvalue weighted by Gasteiger charge is 2.22. The van der Waals surface area contributed by atoms with E-state index in [0.717, 1.165) is 0 Å². The van der Waals surface area contributed by atoms with E-state index in [1.165, 1.54) is 122 Å². The molecule has 0 amide bonds. The van der Waals surface area contributed by atoms with E-state index in [0.29, 0.717) is 5.41 Å². The maximum absolute atomic E-state index is 2.39. The van der Waals surface area contributed by atoms with Crippen molar-refractivity contribution in [2.45, 2.75) is 150 Å². The van der Waals surface area contributed by atoms with Crippen LogP contribution in [0.5, 0.6) is 0 Å². The molecule has 0 nitrogen and oxygen atoms in total. The van der Waals surface area contributed by atoms with Crippen molar-refractivity contribution in [3.63, 3.8) is 0 Å². The summed E-state index contributed by atoms with van der Waals surface area (Å²) < 4.78 is 0. The van der Waals surface area contributed by atoms with Crippen LogP contribution in [-0.2, 0) is 0 Å². The number of rotatable bonds is 19. The SMILES string of the molecule is CCCCCCCCCCCCCCCCCC(CC)(CC)CC. The molecule has 0 heteroatoms. The first-order chi connectivity index (χ1) is 11.7. The van der Waals surface area contributed by atoms with Crippen LogP contribution in [0.2, 0.25) is 0 Å². The Hall–Kier alpha value is 0. The number of hydrogen-bond donors (Lipinski definition) is 0. The van der Waals surface area contributed by atoms with Crippen LogP contribution in [0.15, 0.2) is 0 Å². The topological polar surface area (TPSA) is 0 Å². The summed E-state index contributed by atoms with van der Waals surface area (Å²) in [5.74, 6) is 0. The molecule has 0 rings (SSSR count). The highest BCUT2D eigenvalue weighted by molar-refractivity contribution is 4.74. The zero-order valence-electron chi connectivity index (χ0n) is 17.9. The maximum atomic E-state index is 2.39. The summed E-state index contributed by atoms with van der Waals surface area (Å²) in [5.41, 5.74) is 0.663. The Labute approximate surface area is 155 Å². The molecule has 0 N–H and O–H groups in total. The van der Waals surface area contributed by atoms with Crippen LogP contribution in [0, 0.1) is 5.41 Å². The summed E-state index contributed by atoms with van der Waals surface area (Å²) in [4.78, 5) is 0. The molecule has 24 heavy (non-hydrogen) atoms. The van der Waals surface area contributed by atoms with Gasteiger partial charge in [0.2, 0.25) is 0 Å². The van der Waals surface area contributed by atoms with Gasteiger partial charge in [-0.15, -0.1) is 0 Å². The first-order valence-corrected chi connectivity index (χ1v) is 11.7. The second kappa shape index (κ2) is 17.8. The standard InChI is InChI=1S/C24H50/c1-5-9-10-11-12-13-14-15-16-17-18-19-20-21-22-23-24(6-2,7-3)8-4/h5-23H2,1-4H3. The first-order valence-electron chi connectivity index (χ1n) is 11.7. The van der Waals surface area contributed by atoms with E-state index < -0.39 is 0 Å². The summed E-state index contributed by atoms with van der Waals surface area (Å²) in [6.07, 6.45) is 27.6. The minimum Gasteiger partial charge on any atom is -0.0654 e. The molecule has 0 aromatic rings. The smallest absolute Gasteiger partial charge is 0.0305 e. The molecule has 0 aliphatic heterocycles. The third-order valence-electron chi connectivity index (χ3n) is 6.56. The molecule has 0 aromatic heterocycles. The van der Waals surface area contributed by atoms with Crippen LogP contribution in [0.1, 0.15) is 150 Å². The van der Waals surface area contributed by atoms with Crippen molar-refractivity contribution in [2.24, 2.45) is 5.41 Å². The third-order valence-corrected chi connectivity index (χ3v) is 6.56. The molecule has 0 atom stereocenters. The lowest BCUT2D eigenvalue weighted by atomic mass is 9.75. The molecule has 0 unspecified atom stereocenters. The van der Waals surface area contributed by atoms with E-state index in [1.807, 2.05) is 0 Å². The van der Waals surface area contributed by atoms with Gasteiger partial charge in [-0.05, 0) is 11.8 Å². The van der Waals surface area contributed by atoms with Gasteiger partial charge < -0.3 is 0 Å². The zero-order chi connectivity index (χ0) is 17.9. The fraction of sp³-hybridized carbons (Fsp3) is 1.00. The molecule has 0 spiro atoms. The Morgan fingerprint density at radius 2 is 0.667 bits per heavy atom. The van der Waals surface area contributed by atoms with Crippen LogP contribution in [0.25, 0.3) is 0 Å². The van der Waals surface area contributed by atoms with Gasteiger partial charge in [0, 0.05) is 0 Å². The van der Waals surface area contributed by atoms with Crippen molar-refractivity contribution in [2.75, 3.05) is 0 Å². The van der Waals surface area contributed by atoms with Crippen molar-refractivity contribution in [3.8, 4) is 0 Å². The Kier molecular flexibility index (Phi) is 17.8. The molecule has 0 saturated carbocycles. The van der Waals surface area contributed by atoms with Crippen molar-refractivity contribution in [1.29, 1.82) is 0 Å². The van der Waals surface area contributed by atoms with Gasteiger partial charge in [0.05, 0.1) is 0 Å². The average Bonchev–Trinajstić information content (AvgIpc) is 2.62. The van der Waals surface area contributed by atoms with E-state index >= 15 is 0 Å². The number of hydrogen-bond acceptors (Lipinski definition) is 0. The predicted octanol–water partition coefficient (Wildman–Crippen LogP) is 9.46. The molecule has 0 bridgehead atoms. The Morgan fingerprint density at radius 1 is 0.375 bits per heavy atom. The predicted molar refractivity (Wildman–Crippen MR) is 113 cm³/mol. The van der Waals surface area contributed by atoms with E-state index in [2.05, 4.69) is 27.7 Å². The summed E-state index contributed by atoms with van der Waals surface area (Å²) in [6.45, 7) is 9.46. The molecule has 146 valence electrons. The van der Waals surface area contributed by atoms with Crippen LogP contribution in [0.3, 0.4) is 0 Å². The highest BCUT2D eigenvalue weighted by atomic mass is 14.3. The number of unbranched alkanes of at least 4 members (excludes halogenated alkanes) is 14. The maximum Gasteiger partial charge on any atom is -0.0305 e. The monoisotopic (exact) mass is 338 g/mol. The summed E-state index contributed by atoms with van der Waals surface area (Å²) in [7, 11) is 0. The summed E-state index contributed by atoms with van der Waals surface area (Å²) in [5, 5.41) is 0. The van der Waals surface area contributed by atoms with Crippen LogP contribution in [0.4, 0.5) is 0 Å². The summed E-state index contributed by atoms with van der Waals surface area (Å²) >= 11 is 0. The van der Waals surface area contributed by atoms with Gasteiger partial charge in [-0.1, -0.05) is 143 Å². The molecular weight excluding hydrogens is 288 g/mol. The van der Waals surface area contributed by atoms with E-state index in [9.17, 15) is 0 Å². The zero-order valence-corrected chi connectivity index (χ0v) is 17.9. The van der Waals surface area contributed by atoms with Crippen LogP contribution in [-0.4, -0.2) is 0 Å². The third kappa shape index (κ3) is 13.3. The fourth-order valence-electron chi connectivity index (χ4n) is 4.15. The Morgan fingerprint density at radius 3 is 0.958 bits per heavy atom. The van der Waals surface area contributed by atoms with Gasteiger partial charge in [-0.2, -0.15) is 0 Å². The van der Waals surface area contributed by atoms with Crippen LogP contribution < -0.4 is 0 Å². The van der Waals surface area contributed by atoms with E-state index in [4.69, 9.17) is 0 Å². The van der Waals surface area contributed by atoms with Crippen molar-refractivity contribution >= 4 is 0 Å². The molecule has 0 aliphatic carbocycles. The van der Waals surface area contributed by atoms with Crippen molar-refractivity contribution in [1.82, 2.24) is 0 Å². The molecule has 0 fully saturated rings. The van der Waals surface area contributed by atoms with Gasteiger partial charge in [0.25, 0.3) is 0 Å². The Bertz CT molecular complexity index is 218. The Balaban J connectivity index is 3.23. The first kappa shape index (κ1) is 24.0. The van der Waals surface area contributed by atoms with Gasteiger partial charge in [0.1, 0.15) is 0 Å².